The highest BCUT2D eigenvalue weighted by atomic mass is 19.1. The monoisotopic (exact) mass is 184 g/mol. The molecule has 0 N–H and O–H groups in total. The van der Waals surface area contributed by atoms with Gasteiger partial charge in [0.05, 0.1) is 11.4 Å². The van der Waals surface area contributed by atoms with Gasteiger partial charge in [-0.05, 0) is 0 Å². The first-order chi connectivity index (χ1) is 5.84. The summed E-state index contributed by atoms with van der Waals surface area (Å²) < 4.78 is 13.1. The summed E-state index contributed by atoms with van der Waals surface area (Å²) in [5, 5.41) is 0. The van der Waals surface area contributed by atoms with Gasteiger partial charge in [-0.2, -0.15) is 0 Å². The Labute approximate surface area is 80.8 Å². The van der Waals surface area contributed by atoms with Gasteiger partial charge in [0.2, 0.25) is 0 Å². The fourth-order valence-corrected chi connectivity index (χ4v) is 1.31. The smallest absolute Gasteiger partial charge is 0.154 e. The van der Waals surface area contributed by atoms with Crippen molar-refractivity contribution in [1.29, 1.82) is 0 Å². The zero-order valence-corrected chi connectivity index (χ0v) is 9.35. The number of rotatable bonds is 2. The van der Waals surface area contributed by atoms with Crippen molar-refractivity contribution < 1.29 is 4.39 Å². The molecule has 0 aliphatic rings. The summed E-state index contributed by atoms with van der Waals surface area (Å²) in [7, 11) is 4.76. The van der Waals surface area contributed by atoms with Gasteiger partial charge in [-0.3, -0.25) is 14.4 Å². The van der Waals surface area contributed by atoms with Crippen molar-refractivity contribution in [1.82, 2.24) is 0 Å². The Kier molecular flexibility index (Phi) is 4.31. The first kappa shape index (κ1) is 12.3. The molecule has 0 heterocycles. The maximum absolute atomic E-state index is 13.1. The van der Waals surface area contributed by atoms with Gasteiger partial charge in [0.15, 0.2) is 7.85 Å². The number of alkyl halides is 1. The Morgan fingerprint density at radius 2 is 1.69 bits per heavy atom. The van der Waals surface area contributed by atoms with Crippen LogP contribution < -0.4 is 0 Å². The van der Waals surface area contributed by atoms with Crippen LogP contribution in [0.1, 0.15) is 20.8 Å². The minimum absolute atomic E-state index is 0.149. The standard InChI is InChI=1S/C9H18BFN2/c1-9(2,3)7(13-5)6(12-4)8(10)11/h8H,10H2,1-5H3/b12-6+,13-7+. The predicted molar refractivity (Wildman–Crippen MR) is 59.6 cm³/mol. The van der Waals surface area contributed by atoms with Crippen molar-refractivity contribution in [3.63, 3.8) is 0 Å². The molecule has 0 aromatic carbocycles. The van der Waals surface area contributed by atoms with Gasteiger partial charge >= 0.3 is 0 Å². The third-order valence-electron chi connectivity index (χ3n) is 1.79. The Hall–Kier alpha value is -0.665. The van der Waals surface area contributed by atoms with Crippen LogP contribution in [-0.2, 0) is 0 Å². The minimum atomic E-state index is -1.05. The molecule has 0 aliphatic carbocycles. The van der Waals surface area contributed by atoms with Crippen LogP contribution in [0.4, 0.5) is 4.39 Å². The van der Waals surface area contributed by atoms with Crippen LogP contribution in [0.5, 0.6) is 0 Å². The molecule has 0 radical (unpaired) electrons. The molecule has 0 bridgehead atoms. The van der Waals surface area contributed by atoms with E-state index in [0.717, 1.165) is 5.71 Å². The van der Waals surface area contributed by atoms with Crippen LogP contribution in [0.2, 0.25) is 0 Å². The van der Waals surface area contributed by atoms with Crippen molar-refractivity contribution in [3.05, 3.63) is 0 Å². The van der Waals surface area contributed by atoms with Crippen LogP contribution in [0, 0.1) is 5.41 Å². The van der Waals surface area contributed by atoms with Gasteiger partial charge in [0.25, 0.3) is 0 Å². The average molecular weight is 184 g/mol. The molecule has 13 heavy (non-hydrogen) atoms. The molecule has 0 amide bonds. The SMILES string of the molecule is BC(F)C(=N/C)/C(=N\C)C(C)(C)C. The van der Waals surface area contributed by atoms with E-state index in [0.29, 0.717) is 5.71 Å². The molecular formula is C9H18BFN2. The summed E-state index contributed by atoms with van der Waals surface area (Å²) >= 11 is 0. The second-order valence-electron chi connectivity index (χ2n) is 4.05. The number of nitrogens with zero attached hydrogens (tertiary/aromatic N) is 2. The molecule has 0 aromatic heterocycles. The Morgan fingerprint density at radius 1 is 1.23 bits per heavy atom. The summed E-state index contributed by atoms with van der Waals surface area (Å²) in [6, 6.07) is 0. The third kappa shape index (κ3) is 3.29. The van der Waals surface area contributed by atoms with E-state index in [-0.39, 0.29) is 5.41 Å². The Bertz CT molecular complexity index is 226. The fraction of sp³-hybridized carbons (Fsp3) is 0.778. The van der Waals surface area contributed by atoms with Gasteiger partial charge in [-0.15, -0.1) is 0 Å². The first-order valence-electron chi connectivity index (χ1n) is 4.43. The van der Waals surface area contributed by atoms with Gasteiger partial charge in [-0.1, -0.05) is 20.8 Å². The zero-order chi connectivity index (χ0) is 10.6. The lowest BCUT2D eigenvalue weighted by atomic mass is 9.81. The predicted octanol–water partition coefficient (Wildman–Crippen LogP) is 1.10. The summed E-state index contributed by atoms with van der Waals surface area (Å²) in [5.74, 6) is 0. The number of aliphatic imine (C=N–C) groups is 2. The van der Waals surface area contributed by atoms with E-state index < -0.39 is 6.07 Å². The van der Waals surface area contributed by atoms with E-state index in [1.165, 1.54) is 7.85 Å². The van der Waals surface area contributed by atoms with Gasteiger partial charge in [0, 0.05) is 19.5 Å². The van der Waals surface area contributed by atoms with Crippen molar-refractivity contribution in [3.8, 4) is 0 Å². The van der Waals surface area contributed by atoms with E-state index in [9.17, 15) is 4.39 Å². The molecule has 0 rings (SSSR count). The molecule has 0 saturated heterocycles. The Morgan fingerprint density at radius 3 is 1.77 bits per heavy atom. The van der Waals surface area contributed by atoms with E-state index in [2.05, 4.69) is 9.98 Å². The van der Waals surface area contributed by atoms with Crippen LogP contribution in [-0.4, -0.2) is 39.4 Å². The van der Waals surface area contributed by atoms with Crippen molar-refractivity contribution in [2.24, 2.45) is 15.4 Å². The van der Waals surface area contributed by atoms with Gasteiger partial charge < -0.3 is 0 Å². The molecule has 2 nitrogen and oxygen atoms in total. The second kappa shape index (κ2) is 4.54. The average Bonchev–Trinajstić information content (AvgIpc) is 1.96. The maximum atomic E-state index is 13.1. The molecule has 4 heteroatoms. The van der Waals surface area contributed by atoms with E-state index in [4.69, 9.17) is 0 Å². The number of hydrogen-bond acceptors (Lipinski definition) is 2. The molecule has 0 aromatic rings. The molecule has 0 spiro atoms. The van der Waals surface area contributed by atoms with Crippen LogP contribution >= 0.6 is 0 Å². The molecule has 0 saturated carbocycles. The first-order valence-corrected chi connectivity index (χ1v) is 4.43. The van der Waals surface area contributed by atoms with Gasteiger partial charge in [0.1, 0.15) is 6.07 Å². The van der Waals surface area contributed by atoms with Crippen molar-refractivity contribution in [2.75, 3.05) is 14.1 Å². The quantitative estimate of drug-likeness (QED) is 0.453. The third-order valence-corrected chi connectivity index (χ3v) is 1.79. The lowest BCUT2D eigenvalue weighted by Crippen LogP contribution is -2.35. The van der Waals surface area contributed by atoms with Crippen LogP contribution in [0.15, 0.2) is 9.98 Å². The normalized spacial score (nSPS) is 17.4. The molecule has 0 fully saturated rings. The number of halogens is 1. The summed E-state index contributed by atoms with van der Waals surface area (Å²) in [4.78, 5) is 8.03. The number of hydrogen-bond donors (Lipinski definition) is 0. The van der Waals surface area contributed by atoms with E-state index in [1.54, 1.807) is 14.1 Å². The van der Waals surface area contributed by atoms with Crippen LogP contribution in [0.3, 0.4) is 0 Å². The summed E-state index contributed by atoms with van der Waals surface area (Å²) in [6.45, 7) is 6.01. The van der Waals surface area contributed by atoms with Gasteiger partial charge in [-0.25, -0.2) is 0 Å². The second-order valence-corrected chi connectivity index (χ2v) is 4.05. The summed E-state index contributed by atoms with van der Waals surface area (Å²) in [5.41, 5.74) is 1.05. The largest absolute Gasteiger partial charge is 0.291 e. The molecule has 0 aliphatic heterocycles. The van der Waals surface area contributed by atoms with E-state index in [1.807, 2.05) is 20.8 Å². The highest BCUT2D eigenvalue weighted by Gasteiger charge is 2.25. The van der Waals surface area contributed by atoms with Crippen LogP contribution in [0.25, 0.3) is 0 Å². The lowest BCUT2D eigenvalue weighted by molar-refractivity contribution is 0.528. The molecule has 1 unspecified atom stereocenters. The highest BCUT2D eigenvalue weighted by molar-refractivity contribution is 6.51. The topological polar surface area (TPSA) is 24.7 Å². The Balaban J connectivity index is 5.01. The lowest BCUT2D eigenvalue weighted by Gasteiger charge is -2.23. The fourth-order valence-electron chi connectivity index (χ4n) is 1.31. The molecular weight excluding hydrogens is 166 g/mol. The maximum Gasteiger partial charge on any atom is 0.154 e. The van der Waals surface area contributed by atoms with Crippen molar-refractivity contribution >= 4 is 19.3 Å². The zero-order valence-electron chi connectivity index (χ0n) is 9.35. The highest BCUT2D eigenvalue weighted by Crippen LogP contribution is 2.18. The van der Waals surface area contributed by atoms with E-state index >= 15 is 0 Å². The van der Waals surface area contributed by atoms with Crippen molar-refractivity contribution in [2.45, 2.75) is 26.8 Å². The molecule has 1 atom stereocenters. The molecule has 74 valence electrons. The summed E-state index contributed by atoms with van der Waals surface area (Å²) in [6.07, 6.45) is -1.05. The minimum Gasteiger partial charge on any atom is -0.291 e.